The fourth-order valence-electron chi connectivity index (χ4n) is 1.50. The van der Waals surface area contributed by atoms with E-state index in [2.05, 4.69) is 29.2 Å². The summed E-state index contributed by atoms with van der Waals surface area (Å²) in [6.45, 7) is 3.90. The molecule has 2 aromatic rings. The van der Waals surface area contributed by atoms with Gasteiger partial charge in [-0.2, -0.15) is 4.98 Å². The average molecular weight is 217 g/mol. The Kier molecular flexibility index (Phi) is 3.01. The van der Waals surface area contributed by atoms with Crippen LogP contribution in [0.1, 0.15) is 35.8 Å². The summed E-state index contributed by atoms with van der Waals surface area (Å²) in [7, 11) is 0. The molecule has 0 radical (unpaired) electrons. The van der Waals surface area contributed by atoms with E-state index >= 15 is 0 Å². The smallest absolute Gasteiger partial charge is 0.243 e. The molecule has 16 heavy (non-hydrogen) atoms. The molecule has 2 N–H and O–H groups in total. The van der Waals surface area contributed by atoms with Gasteiger partial charge in [-0.25, -0.2) is 0 Å². The fraction of sp³-hybridized carbons (Fsp3) is 0.333. The predicted octanol–water partition coefficient (Wildman–Crippen LogP) is 1.99. The Hall–Kier alpha value is -1.68. The Morgan fingerprint density at radius 1 is 1.38 bits per heavy atom. The average Bonchev–Trinajstić information content (AvgIpc) is 2.70. The highest BCUT2D eigenvalue weighted by molar-refractivity contribution is 5.27. The number of benzene rings is 1. The first-order valence-corrected chi connectivity index (χ1v) is 5.29. The van der Waals surface area contributed by atoms with E-state index in [0.717, 1.165) is 0 Å². The highest BCUT2D eigenvalue weighted by Crippen LogP contribution is 2.13. The van der Waals surface area contributed by atoms with Crippen molar-refractivity contribution in [3.05, 3.63) is 47.1 Å². The van der Waals surface area contributed by atoms with Crippen molar-refractivity contribution in [2.45, 2.75) is 26.3 Å². The van der Waals surface area contributed by atoms with Crippen molar-refractivity contribution >= 4 is 0 Å². The third-order valence-electron chi connectivity index (χ3n) is 2.48. The molecule has 0 amide bonds. The maximum absolute atomic E-state index is 5.65. The molecule has 84 valence electrons. The number of rotatable bonds is 3. The van der Waals surface area contributed by atoms with Gasteiger partial charge in [0.15, 0.2) is 5.82 Å². The molecule has 0 aliphatic rings. The van der Waals surface area contributed by atoms with Gasteiger partial charge in [0.05, 0.1) is 6.04 Å². The molecule has 0 spiro atoms. The van der Waals surface area contributed by atoms with Crippen LogP contribution in [0.3, 0.4) is 0 Å². The van der Waals surface area contributed by atoms with E-state index in [0.29, 0.717) is 18.1 Å². The lowest BCUT2D eigenvalue weighted by Crippen LogP contribution is -2.05. The van der Waals surface area contributed by atoms with Crippen molar-refractivity contribution in [1.29, 1.82) is 0 Å². The van der Waals surface area contributed by atoms with Crippen molar-refractivity contribution in [2.75, 3.05) is 0 Å². The Morgan fingerprint density at radius 2 is 2.12 bits per heavy atom. The summed E-state index contributed by atoms with van der Waals surface area (Å²) in [5.41, 5.74) is 8.09. The van der Waals surface area contributed by atoms with E-state index in [9.17, 15) is 0 Å². The van der Waals surface area contributed by atoms with Crippen LogP contribution in [0.4, 0.5) is 0 Å². The van der Waals surface area contributed by atoms with Crippen LogP contribution in [-0.2, 0) is 6.42 Å². The number of nitrogens with two attached hydrogens (primary N) is 1. The summed E-state index contributed by atoms with van der Waals surface area (Å²) >= 11 is 0. The molecular weight excluding hydrogens is 202 g/mol. The van der Waals surface area contributed by atoms with E-state index in [4.69, 9.17) is 10.3 Å². The minimum Gasteiger partial charge on any atom is -0.338 e. The van der Waals surface area contributed by atoms with Crippen LogP contribution in [-0.4, -0.2) is 10.1 Å². The molecule has 4 heteroatoms. The van der Waals surface area contributed by atoms with Gasteiger partial charge in [-0.05, 0) is 25.0 Å². The monoisotopic (exact) mass is 217 g/mol. The molecule has 1 atom stereocenters. The second-order valence-electron chi connectivity index (χ2n) is 3.94. The number of hydrogen-bond acceptors (Lipinski definition) is 4. The first-order chi connectivity index (χ1) is 7.66. The normalized spacial score (nSPS) is 12.7. The van der Waals surface area contributed by atoms with Gasteiger partial charge in [-0.1, -0.05) is 29.4 Å². The van der Waals surface area contributed by atoms with E-state index in [1.54, 1.807) is 0 Å². The number of hydrogen-bond donors (Lipinski definition) is 1. The molecule has 2 rings (SSSR count). The van der Waals surface area contributed by atoms with Crippen molar-refractivity contribution in [3.8, 4) is 0 Å². The lowest BCUT2D eigenvalue weighted by molar-refractivity contribution is 0.358. The van der Waals surface area contributed by atoms with Crippen LogP contribution >= 0.6 is 0 Å². The Morgan fingerprint density at radius 3 is 2.75 bits per heavy atom. The van der Waals surface area contributed by atoms with Crippen molar-refractivity contribution in [3.63, 3.8) is 0 Å². The molecule has 4 nitrogen and oxygen atoms in total. The Labute approximate surface area is 94.5 Å². The first kappa shape index (κ1) is 10.8. The minimum absolute atomic E-state index is 0.210. The first-order valence-electron chi connectivity index (χ1n) is 5.29. The van der Waals surface area contributed by atoms with Crippen molar-refractivity contribution < 1.29 is 4.52 Å². The van der Waals surface area contributed by atoms with Crippen LogP contribution in [0.2, 0.25) is 0 Å². The van der Waals surface area contributed by atoms with E-state index < -0.39 is 0 Å². The van der Waals surface area contributed by atoms with E-state index in [-0.39, 0.29) is 6.04 Å². The van der Waals surface area contributed by atoms with Gasteiger partial charge < -0.3 is 10.3 Å². The van der Waals surface area contributed by atoms with Gasteiger partial charge in [-0.15, -0.1) is 0 Å². The molecule has 0 aliphatic carbocycles. The van der Waals surface area contributed by atoms with Gasteiger partial charge in [-0.3, -0.25) is 0 Å². The van der Waals surface area contributed by atoms with Crippen molar-refractivity contribution in [1.82, 2.24) is 10.1 Å². The van der Waals surface area contributed by atoms with Crippen LogP contribution in [0.15, 0.2) is 28.8 Å². The predicted molar refractivity (Wildman–Crippen MR) is 60.9 cm³/mol. The Balaban J connectivity index is 2.18. The summed E-state index contributed by atoms with van der Waals surface area (Å²) in [6, 6.07) is 7.95. The molecule has 1 aromatic heterocycles. The zero-order valence-corrected chi connectivity index (χ0v) is 9.47. The highest BCUT2D eigenvalue weighted by atomic mass is 16.5. The second-order valence-corrected chi connectivity index (χ2v) is 3.94. The largest absolute Gasteiger partial charge is 0.338 e. The highest BCUT2D eigenvalue weighted by Gasteiger charge is 2.10. The zero-order valence-electron chi connectivity index (χ0n) is 9.47. The van der Waals surface area contributed by atoms with Crippen LogP contribution in [0.5, 0.6) is 0 Å². The summed E-state index contributed by atoms with van der Waals surface area (Å²) in [6.07, 6.45) is 0.683. The molecule has 0 bridgehead atoms. The van der Waals surface area contributed by atoms with Gasteiger partial charge in [0.25, 0.3) is 0 Å². The third kappa shape index (κ3) is 2.28. The zero-order chi connectivity index (χ0) is 11.5. The maximum atomic E-state index is 5.65. The molecule has 0 saturated heterocycles. The quantitative estimate of drug-likeness (QED) is 0.853. The molecule has 0 fully saturated rings. The topological polar surface area (TPSA) is 64.9 Å². The molecule has 0 aliphatic heterocycles. The molecule has 1 aromatic carbocycles. The van der Waals surface area contributed by atoms with Gasteiger partial charge in [0, 0.05) is 6.42 Å². The second kappa shape index (κ2) is 4.45. The van der Waals surface area contributed by atoms with Gasteiger partial charge >= 0.3 is 0 Å². The summed E-state index contributed by atoms with van der Waals surface area (Å²) in [5, 5.41) is 3.91. The number of aromatic nitrogens is 2. The summed E-state index contributed by atoms with van der Waals surface area (Å²) < 4.78 is 5.05. The lowest BCUT2D eigenvalue weighted by Gasteiger charge is -2.00. The summed E-state index contributed by atoms with van der Waals surface area (Å²) in [4.78, 5) is 4.24. The van der Waals surface area contributed by atoms with E-state index in [1.807, 2.05) is 19.1 Å². The Bertz CT molecular complexity index is 477. The van der Waals surface area contributed by atoms with Crippen molar-refractivity contribution in [2.24, 2.45) is 5.73 Å². The van der Waals surface area contributed by atoms with Gasteiger partial charge in [0.2, 0.25) is 5.89 Å². The maximum Gasteiger partial charge on any atom is 0.243 e. The molecule has 0 saturated carbocycles. The third-order valence-corrected chi connectivity index (χ3v) is 2.48. The minimum atomic E-state index is -0.210. The summed E-state index contributed by atoms with van der Waals surface area (Å²) in [5.74, 6) is 1.17. The van der Waals surface area contributed by atoms with E-state index in [1.165, 1.54) is 11.1 Å². The molecular formula is C12H15N3O. The lowest BCUT2D eigenvalue weighted by atomic mass is 10.1. The van der Waals surface area contributed by atoms with Crippen LogP contribution in [0, 0.1) is 6.92 Å². The van der Waals surface area contributed by atoms with Crippen LogP contribution in [0.25, 0.3) is 0 Å². The fourth-order valence-corrected chi connectivity index (χ4v) is 1.50. The number of aryl methyl sites for hydroxylation is 1. The molecule has 0 unspecified atom stereocenters. The number of nitrogens with zero attached hydrogens (tertiary/aromatic N) is 2. The SMILES string of the molecule is Cc1ccccc1Cc1noc([C@@H](C)N)n1. The van der Waals surface area contributed by atoms with Crippen LogP contribution < -0.4 is 5.73 Å². The molecule has 1 heterocycles. The van der Waals surface area contributed by atoms with Gasteiger partial charge in [0.1, 0.15) is 0 Å². The standard InChI is InChI=1S/C12H15N3O/c1-8-5-3-4-6-10(8)7-11-14-12(9(2)13)16-15-11/h3-6,9H,7,13H2,1-2H3/t9-/m1/s1.